The number of aromatic hydroxyl groups is 1. The molecular formula is C9H11NO4. The van der Waals surface area contributed by atoms with E-state index >= 15 is 0 Å². The summed E-state index contributed by atoms with van der Waals surface area (Å²) in [6.45, 7) is -0.654. The molecule has 5 nitrogen and oxygen atoms in total. The predicted octanol–water partition coefficient (Wildman–Crippen LogP) is 0.233. The van der Waals surface area contributed by atoms with Crippen LogP contribution in [0, 0.1) is 0 Å². The van der Waals surface area contributed by atoms with Crippen LogP contribution in [0.3, 0.4) is 0 Å². The number of hydrogen-bond acceptors (Lipinski definition) is 4. The van der Waals surface area contributed by atoms with Crippen molar-refractivity contribution in [3.63, 3.8) is 0 Å². The van der Waals surface area contributed by atoms with Crippen LogP contribution in [0.25, 0.3) is 0 Å². The van der Waals surface area contributed by atoms with Gasteiger partial charge in [-0.3, -0.25) is 4.79 Å². The van der Waals surface area contributed by atoms with Gasteiger partial charge in [-0.25, -0.2) is 0 Å². The van der Waals surface area contributed by atoms with Crippen LogP contribution in [-0.4, -0.2) is 34.6 Å². The van der Waals surface area contributed by atoms with E-state index in [0.29, 0.717) is 5.69 Å². The lowest BCUT2D eigenvalue weighted by molar-refractivity contribution is -0.135. The molecule has 0 radical (unpaired) electrons. The standard InChI is InChI=1S/C9H11NO4/c11-6-10(5-9(13)14)7-1-3-8(12)4-2-7/h1-4,11-12H,5-6H2,(H,13,14). The summed E-state index contributed by atoms with van der Waals surface area (Å²) in [4.78, 5) is 11.7. The van der Waals surface area contributed by atoms with Crippen LogP contribution >= 0.6 is 0 Å². The van der Waals surface area contributed by atoms with Crippen LogP contribution < -0.4 is 4.90 Å². The second kappa shape index (κ2) is 4.48. The van der Waals surface area contributed by atoms with Gasteiger partial charge in [-0.2, -0.15) is 0 Å². The molecule has 0 bridgehead atoms. The second-order valence-electron chi connectivity index (χ2n) is 2.75. The second-order valence-corrected chi connectivity index (χ2v) is 2.75. The van der Waals surface area contributed by atoms with Crippen molar-refractivity contribution in [3.8, 4) is 5.75 Å². The molecule has 3 N–H and O–H groups in total. The molecule has 0 aliphatic heterocycles. The number of rotatable bonds is 4. The molecule has 5 heteroatoms. The third-order valence-electron chi connectivity index (χ3n) is 1.71. The largest absolute Gasteiger partial charge is 0.508 e. The summed E-state index contributed by atoms with van der Waals surface area (Å²) in [6, 6.07) is 5.93. The number of phenols is 1. The minimum atomic E-state index is -1.02. The zero-order valence-corrected chi connectivity index (χ0v) is 7.42. The number of carboxylic acids is 1. The van der Waals surface area contributed by atoms with Gasteiger partial charge in [0.1, 0.15) is 19.0 Å². The van der Waals surface area contributed by atoms with Gasteiger partial charge in [0.2, 0.25) is 0 Å². The molecule has 1 aromatic rings. The monoisotopic (exact) mass is 197 g/mol. The van der Waals surface area contributed by atoms with Crippen LogP contribution in [0.5, 0.6) is 5.75 Å². The predicted molar refractivity (Wildman–Crippen MR) is 50.2 cm³/mol. The van der Waals surface area contributed by atoms with Crippen LogP contribution in [-0.2, 0) is 4.79 Å². The van der Waals surface area contributed by atoms with E-state index in [1.807, 2.05) is 0 Å². The first kappa shape index (κ1) is 10.3. The fraction of sp³-hybridized carbons (Fsp3) is 0.222. The van der Waals surface area contributed by atoms with Crippen molar-refractivity contribution in [1.82, 2.24) is 0 Å². The molecule has 0 atom stereocenters. The Hall–Kier alpha value is -1.75. The molecule has 0 spiro atoms. The van der Waals surface area contributed by atoms with Gasteiger partial charge < -0.3 is 20.2 Å². The van der Waals surface area contributed by atoms with E-state index in [0.717, 1.165) is 0 Å². The fourth-order valence-electron chi connectivity index (χ4n) is 1.05. The van der Waals surface area contributed by atoms with Gasteiger partial charge in [0, 0.05) is 5.69 Å². The number of carboxylic acid groups (broad SMARTS) is 1. The third kappa shape index (κ3) is 2.63. The molecule has 0 unspecified atom stereocenters. The average Bonchev–Trinajstić information content (AvgIpc) is 2.15. The Labute approximate surface area is 80.8 Å². The summed E-state index contributed by atoms with van der Waals surface area (Å²) in [5.74, 6) is -0.922. The molecule has 0 aromatic heterocycles. The number of aliphatic carboxylic acids is 1. The topological polar surface area (TPSA) is 81.0 Å². The first-order valence-corrected chi connectivity index (χ1v) is 4.00. The maximum Gasteiger partial charge on any atom is 0.323 e. The van der Waals surface area contributed by atoms with E-state index < -0.39 is 5.97 Å². The van der Waals surface area contributed by atoms with E-state index in [1.165, 1.54) is 29.2 Å². The van der Waals surface area contributed by atoms with Crippen LogP contribution in [0.4, 0.5) is 5.69 Å². The van der Waals surface area contributed by atoms with Crippen LogP contribution in [0.2, 0.25) is 0 Å². The van der Waals surface area contributed by atoms with Crippen molar-refractivity contribution in [2.24, 2.45) is 0 Å². The first-order valence-electron chi connectivity index (χ1n) is 4.00. The van der Waals surface area contributed by atoms with Crippen molar-refractivity contribution in [3.05, 3.63) is 24.3 Å². The van der Waals surface area contributed by atoms with Gasteiger partial charge in [0.25, 0.3) is 0 Å². The van der Waals surface area contributed by atoms with Gasteiger partial charge in [0.05, 0.1) is 0 Å². The first-order chi connectivity index (χ1) is 6.63. The number of hydrogen-bond donors (Lipinski definition) is 3. The minimum absolute atomic E-state index is 0.0990. The normalized spacial score (nSPS) is 9.79. The molecule has 0 amide bonds. The summed E-state index contributed by atoms with van der Waals surface area (Å²) in [5.41, 5.74) is 0.549. The molecule has 0 saturated carbocycles. The number of aliphatic hydroxyl groups is 1. The summed E-state index contributed by atoms with van der Waals surface area (Å²) in [5, 5.41) is 26.4. The van der Waals surface area contributed by atoms with Gasteiger partial charge in [-0.1, -0.05) is 0 Å². The lowest BCUT2D eigenvalue weighted by atomic mass is 10.3. The van der Waals surface area contributed by atoms with Crippen molar-refractivity contribution in [1.29, 1.82) is 0 Å². The van der Waals surface area contributed by atoms with Gasteiger partial charge in [-0.05, 0) is 24.3 Å². The smallest absolute Gasteiger partial charge is 0.323 e. The molecule has 76 valence electrons. The zero-order valence-electron chi connectivity index (χ0n) is 7.42. The Morgan fingerprint density at radius 3 is 2.29 bits per heavy atom. The lowest BCUT2D eigenvalue weighted by Gasteiger charge is -2.19. The maximum absolute atomic E-state index is 10.4. The molecule has 0 aliphatic rings. The Bertz CT molecular complexity index is 309. The Morgan fingerprint density at radius 2 is 1.86 bits per heavy atom. The number of anilines is 1. The van der Waals surface area contributed by atoms with E-state index in [-0.39, 0.29) is 19.0 Å². The highest BCUT2D eigenvalue weighted by Crippen LogP contribution is 2.17. The van der Waals surface area contributed by atoms with Gasteiger partial charge in [0.15, 0.2) is 0 Å². The summed E-state index contributed by atoms with van der Waals surface area (Å²) in [7, 11) is 0. The third-order valence-corrected chi connectivity index (χ3v) is 1.71. The Balaban J connectivity index is 2.78. The number of phenolic OH excluding ortho intramolecular Hbond substituents is 1. The summed E-state index contributed by atoms with van der Waals surface area (Å²) in [6.07, 6.45) is 0. The zero-order chi connectivity index (χ0) is 10.6. The molecule has 0 heterocycles. The molecule has 0 saturated heterocycles. The number of benzene rings is 1. The minimum Gasteiger partial charge on any atom is -0.508 e. The molecule has 1 aromatic carbocycles. The summed E-state index contributed by atoms with van der Waals surface area (Å²) < 4.78 is 0. The highest BCUT2D eigenvalue weighted by molar-refractivity contribution is 5.73. The van der Waals surface area contributed by atoms with Crippen molar-refractivity contribution >= 4 is 11.7 Å². The molecule has 14 heavy (non-hydrogen) atoms. The van der Waals surface area contributed by atoms with Crippen molar-refractivity contribution < 1.29 is 20.1 Å². The quantitative estimate of drug-likeness (QED) is 0.602. The highest BCUT2D eigenvalue weighted by Gasteiger charge is 2.08. The number of aliphatic hydroxyl groups excluding tert-OH is 1. The Kier molecular flexibility index (Phi) is 3.30. The Morgan fingerprint density at radius 1 is 1.29 bits per heavy atom. The van der Waals surface area contributed by atoms with Gasteiger partial charge in [-0.15, -0.1) is 0 Å². The molecule has 0 aliphatic carbocycles. The van der Waals surface area contributed by atoms with Crippen LogP contribution in [0.1, 0.15) is 0 Å². The number of nitrogens with zero attached hydrogens (tertiary/aromatic N) is 1. The molecule has 0 fully saturated rings. The van der Waals surface area contributed by atoms with E-state index in [4.69, 9.17) is 15.3 Å². The average molecular weight is 197 g/mol. The van der Waals surface area contributed by atoms with Crippen LogP contribution in [0.15, 0.2) is 24.3 Å². The van der Waals surface area contributed by atoms with Crippen molar-refractivity contribution in [2.75, 3.05) is 18.2 Å². The SMILES string of the molecule is O=C(O)CN(CO)c1ccc(O)cc1. The van der Waals surface area contributed by atoms with E-state index in [1.54, 1.807) is 0 Å². The molecular weight excluding hydrogens is 186 g/mol. The molecule has 1 rings (SSSR count). The summed E-state index contributed by atoms with van der Waals surface area (Å²) >= 11 is 0. The lowest BCUT2D eigenvalue weighted by Crippen LogP contribution is -2.30. The van der Waals surface area contributed by atoms with E-state index in [9.17, 15) is 4.79 Å². The highest BCUT2D eigenvalue weighted by atomic mass is 16.4. The van der Waals surface area contributed by atoms with Crippen molar-refractivity contribution in [2.45, 2.75) is 0 Å². The van der Waals surface area contributed by atoms with E-state index in [2.05, 4.69) is 0 Å². The van der Waals surface area contributed by atoms with Gasteiger partial charge >= 0.3 is 5.97 Å². The maximum atomic E-state index is 10.4. The fourth-order valence-corrected chi connectivity index (χ4v) is 1.05. The number of carbonyl (C=O) groups is 1.